The van der Waals surface area contributed by atoms with Crippen molar-refractivity contribution < 1.29 is 14.3 Å². The first-order chi connectivity index (χ1) is 9.52. The second-order valence-corrected chi connectivity index (χ2v) is 4.30. The van der Waals surface area contributed by atoms with Crippen LogP contribution in [0.2, 0.25) is 0 Å². The molecule has 0 saturated carbocycles. The summed E-state index contributed by atoms with van der Waals surface area (Å²) in [7, 11) is 0. The minimum Gasteiger partial charge on any atom is -0.478 e. The topological polar surface area (TPSA) is 66.6 Å². The quantitative estimate of drug-likeness (QED) is 0.840. The van der Waals surface area contributed by atoms with Crippen LogP contribution in [0.25, 0.3) is 0 Å². The number of carboxylic acids is 1. The average Bonchev–Trinajstić information content (AvgIpc) is 2.41. The summed E-state index contributed by atoms with van der Waals surface area (Å²) in [6.45, 7) is 2.43. The molecule has 0 bridgehead atoms. The van der Waals surface area contributed by atoms with Crippen molar-refractivity contribution in [2.45, 2.75) is 6.92 Å². The molecule has 0 fully saturated rings. The molecule has 3 N–H and O–H groups in total. The highest BCUT2D eigenvalue weighted by atomic mass is 19.1. The van der Waals surface area contributed by atoms with Crippen molar-refractivity contribution in [3.05, 3.63) is 53.8 Å². The minimum atomic E-state index is -1.03. The van der Waals surface area contributed by atoms with Gasteiger partial charge in [0.2, 0.25) is 0 Å². The largest absolute Gasteiger partial charge is 0.478 e. The van der Waals surface area contributed by atoms with Gasteiger partial charge in [0.1, 0.15) is 5.82 Å². The maximum Gasteiger partial charge on any atom is 0.335 e. The van der Waals surface area contributed by atoms with E-state index in [4.69, 9.17) is 10.8 Å². The molecular formula is C15H15FN2O2. The zero-order chi connectivity index (χ0) is 14.7. The standard InChI is InChI=1S/C15H15FN2O2/c1-2-18(12-5-3-4-11(16)9-12)14-8-10(15(19)20)6-7-13(14)17/h3-9H,2,17H2,1H3,(H,19,20). The molecule has 0 radical (unpaired) electrons. The Balaban J connectivity index is 2.51. The predicted molar refractivity (Wildman–Crippen MR) is 76.9 cm³/mol. The SMILES string of the molecule is CCN(c1cccc(F)c1)c1cc(C(=O)O)ccc1N. The summed E-state index contributed by atoms with van der Waals surface area (Å²) in [6, 6.07) is 10.6. The fraction of sp³-hybridized carbons (Fsp3) is 0.133. The molecule has 4 nitrogen and oxygen atoms in total. The van der Waals surface area contributed by atoms with Crippen LogP contribution in [0.4, 0.5) is 21.5 Å². The molecule has 2 aromatic carbocycles. The van der Waals surface area contributed by atoms with E-state index in [2.05, 4.69) is 0 Å². The fourth-order valence-electron chi connectivity index (χ4n) is 2.05. The molecule has 5 heteroatoms. The molecule has 2 aromatic rings. The summed E-state index contributed by atoms with van der Waals surface area (Å²) < 4.78 is 13.3. The predicted octanol–water partition coefficient (Wildman–Crippen LogP) is 3.26. The van der Waals surface area contributed by atoms with Gasteiger partial charge in [-0.15, -0.1) is 0 Å². The number of benzene rings is 2. The average molecular weight is 274 g/mol. The van der Waals surface area contributed by atoms with E-state index in [1.54, 1.807) is 23.1 Å². The summed E-state index contributed by atoms with van der Waals surface area (Å²) in [5.41, 5.74) is 7.68. The van der Waals surface area contributed by atoms with Gasteiger partial charge < -0.3 is 15.7 Å². The molecule has 0 spiro atoms. The molecule has 0 amide bonds. The van der Waals surface area contributed by atoms with E-state index < -0.39 is 5.97 Å². The highest BCUT2D eigenvalue weighted by Gasteiger charge is 2.14. The zero-order valence-corrected chi connectivity index (χ0v) is 11.0. The first-order valence-electron chi connectivity index (χ1n) is 6.19. The monoisotopic (exact) mass is 274 g/mol. The highest BCUT2D eigenvalue weighted by molar-refractivity contribution is 5.91. The van der Waals surface area contributed by atoms with Gasteiger partial charge in [-0.1, -0.05) is 6.07 Å². The van der Waals surface area contributed by atoms with Gasteiger partial charge in [-0.25, -0.2) is 9.18 Å². The summed E-state index contributed by atoms with van der Waals surface area (Å²) in [5, 5.41) is 9.05. The third kappa shape index (κ3) is 2.71. The Morgan fingerprint density at radius 3 is 2.65 bits per heavy atom. The second kappa shape index (κ2) is 5.61. The third-order valence-corrected chi connectivity index (χ3v) is 3.00. The Bertz CT molecular complexity index is 644. The van der Waals surface area contributed by atoms with E-state index >= 15 is 0 Å². The van der Waals surface area contributed by atoms with Crippen molar-refractivity contribution in [3.8, 4) is 0 Å². The first kappa shape index (κ1) is 13.9. The maximum atomic E-state index is 13.3. The third-order valence-electron chi connectivity index (χ3n) is 3.00. The van der Waals surface area contributed by atoms with Crippen LogP contribution >= 0.6 is 0 Å². The lowest BCUT2D eigenvalue weighted by atomic mass is 10.1. The minimum absolute atomic E-state index is 0.143. The van der Waals surface area contributed by atoms with E-state index in [0.717, 1.165) is 0 Å². The van der Waals surface area contributed by atoms with Crippen molar-refractivity contribution in [1.82, 2.24) is 0 Å². The molecule has 0 aromatic heterocycles. The number of hydrogen-bond donors (Lipinski definition) is 2. The number of nitrogens with zero attached hydrogens (tertiary/aromatic N) is 1. The summed E-state index contributed by atoms with van der Waals surface area (Å²) in [4.78, 5) is 12.8. The van der Waals surface area contributed by atoms with Gasteiger partial charge in [-0.3, -0.25) is 0 Å². The van der Waals surface area contributed by atoms with Crippen LogP contribution in [-0.2, 0) is 0 Å². The van der Waals surface area contributed by atoms with Gasteiger partial charge in [0.25, 0.3) is 0 Å². The number of anilines is 3. The van der Waals surface area contributed by atoms with Crippen molar-refractivity contribution in [1.29, 1.82) is 0 Å². The van der Waals surface area contributed by atoms with Crippen LogP contribution in [0.5, 0.6) is 0 Å². The van der Waals surface area contributed by atoms with Crippen LogP contribution in [0, 0.1) is 5.82 Å². The Hall–Kier alpha value is -2.56. The molecule has 0 aliphatic heterocycles. The molecule has 0 atom stereocenters. The summed E-state index contributed by atoms with van der Waals surface area (Å²) >= 11 is 0. The number of hydrogen-bond acceptors (Lipinski definition) is 3. The number of carboxylic acid groups (broad SMARTS) is 1. The number of rotatable bonds is 4. The van der Waals surface area contributed by atoms with Crippen LogP contribution in [0.15, 0.2) is 42.5 Å². The van der Waals surface area contributed by atoms with Crippen LogP contribution < -0.4 is 10.6 Å². The number of nitrogens with two attached hydrogens (primary N) is 1. The molecular weight excluding hydrogens is 259 g/mol. The Morgan fingerprint density at radius 1 is 1.30 bits per heavy atom. The van der Waals surface area contributed by atoms with Crippen molar-refractivity contribution in [3.63, 3.8) is 0 Å². The van der Waals surface area contributed by atoms with Gasteiger partial charge in [-0.2, -0.15) is 0 Å². The second-order valence-electron chi connectivity index (χ2n) is 4.30. The van der Waals surface area contributed by atoms with Gasteiger partial charge in [0, 0.05) is 12.2 Å². The van der Waals surface area contributed by atoms with E-state index in [0.29, 0.717) is 23.6 Å². The van der Waals surface area contributed by atoms with Gasteiger partial charge in [0.05, 0.1) is 16.9 Å². The molecule has 0 aliphatic carbocycles. The molecule has 0 saturated heterocycles. The molecule has 20 heavy (non-hydrogen) atoms. The van der Waals surface area contributed by atoms with Gasteiger partial charge in [-0.05, 0) is 43.3 Å². The molecule has 104 valence electrons. The first-order valence-corrected chi connectivity index (χ1v) is 6.19. The lowest BCUT2D eigenvalue weighted by molar-refractivity contribution is 0.0697. The summed E-state index contributed by atoms with van der Waals surface area (Å²) in [5.74, 6) is -1.38. The van der Waals surface area contributed by atoms with Crippen LogP contribution in [0.3, 0.4) is 0 Å². The molecule has 0 unspecified atom stereocenters. The van der Waals surface area contributed by atoms with E-state index in [9.17, 15) is 9.18 Å². The van der Waals surface area contributed by atoms with Crippen LogP contribution in [-0.4, -0.2) is 17.6 Å². The van der Waals surface area contributed by atoms with E-state index in [-0.39, 0.29) is 11.4 Å². The fourth-order valence-corrected chi connectivity index (χ4v) is 2.05. The van der Waals surface area contributed by atoms with Gasteiger partial charge in [0.15, 0.2) is 0 Å². The highest BCUT2D eigenvalue weighted by Crippen LogP contribution is 2.31. The lowest BCUT2D eigenvalue weighted by Crippen LogP contribution is -2.18. The van der Waals surface area contributed by atoms with Crippen molar-refractivity contribution in [2.24, 2.45) is 0 Å². The number of halogens is 1. The molecule has 0 aliphatic rings. The van der Waals surface area contributed by atoms with Gasteiger partial charge >= 0.3 is 5.97 Å². The zero-order valence-electron chi connectivity index (χ0n) is 11.0. The lowest BCUT2D eigenvalue weighted by Gasteiger charge is -2.25. The normalized spacial score (nSPS) is 10.3. The van der Waals surface area contributed by atoms with E-state index in [1.807, 2.05) is 6.92 Å². The number of aromatic carboxylic acids is 1. The van der Waals surface area contributed by atoms with Crippen molar-refractivity contribution >= 4 is 23.0 Å². The molecule has 0 heterocycles. The van der Waals surface area contributed by atoms with E-state index in [1.165, 1.54) is 24.3 Å². The Morgan fingerprint density at radius 2 is 2.05 bits per heavy atom. The summed E-state index contributed by atoms with van der Waals surface area (Å²) in [6.07, 6.45) is 0. The van der Waals surface area contributed by atoms with Crippen molar-refractivity contribution in [2.75, 3.05) is 17.2 Å². The van der Waals surface area contributed by atoms with Crippen LogP contribution in [0.1, 0.15) is 17.3 Å². The maximum absolute atomic E-state index is 13.3. The smallest absolute Gasteiger partial charge is 0.335 e. The number of nitrogen functional groups attached to an aromatic ring is 1. The Kier molecular flexibility index (Phi) is 3.89. The molecule has 2 rings (SSSR count). The number of carbonyl (C=O) groups is 1. The Labute approximate surface area is 116 Å².